The van der Waals surface area contributed by atoms with Crippen molar-refractivity contribution in [1.29, 1.82) is 0 Å². The van der Waals surface area contributed by atoms with Crippen molar-refractivity contribution in [3.8, 4) is 0 Å². The molecule has 1 aromatic carbocycles. The third kappa shape index (κ3) is 2.83. The maximum atomic E-state index is 12.2. The van der Waals surface area contributed by atoms with Gasteiger partial charge in [0.25, 0.3) is 0 Å². The van der Waals surface area contributed by atoms with Gasteiger partial charge in [0.15, 0.2) is 0 Å². The lowest BCUT2D eigenvalue weighted by Crippen LogP contribution is -2.06. The summed E-state index contributed by atoms with van der Waals surface area (Å²) >= 11 is 0. The second-order valence-electron chi connectivity index (χ2n) is 3.28. The first kappa shape index (κ1) is 11.8. The molecule has 0 aliphatic rings. The molecule has 1 rings (SSSR count). The highest BCUT2D eigenvalue weighted by Crippen LogP contribution is 2.30. The molecule has 0 saturated carbocycles. The van der Waals surface area contributed by atoms with Crippen LogP contribution in [0.5, 0.6) is 0 Å². The van der Waals surface area contributed by atoms with E-state index in [2.05, 4.69) is 6.58 Å². The van der Waals surface area contributed by atoms with Crippen molar-refractivity contribution in [1.82, 2.24) is 0 Å². The van der Waals surface area contributed by atoms with Crippen LogP contribution < -0.4 is 0 Å². The van der Waals surface area contributed by atoms with Gasteiger partial charge in [-0.05, 0) is 30.2 Å². The third-order valence-electron chi connectivity index (χ3n) is 2.09. The predicted octanol–water partition coefficient (Wildman–Crippen LogP) is 3.10. The fraction of sp³-hybridized carbons (Fsp3) is 0.273. The van der Waals surface area contributed by atoms with E-state index >= 15 is 0 Å². The first-order valence-corrected chi connectivity index (χ1v) is 4.37. The smallest absolute Gasteiger partial charge is 0.389 e. The molecule has 0 amide bonds. The van der Waals surface area contributed by atoms with Gasteiger partial charge >= 0.3 is 6.18 Å². The molecule has 0 saturated heterocycles. The van der Waals surface area contributed by atoms with Crippen LogP contribution in [-0.4, -0.2) is 11.2 Å². The van der Waals surface area contributed by atoms with Gasteiger partial charge in [0.1, 0.15) is 0 Å². The molecule has 15 heavy (non-hydrogen) atoms. The normalized spacial score (nSPS) is 13.7. The molecule has 0 aliphatic heterocycles. The van der Waals surface area contributed by atoms with Crippen molar-refractivity contribution in [2.45, 2.75) is 19.2 Å². The van der Waals surface area contributed by atoms with Gasteiger partial charge in [-0.1, -0.05) is 18.7 Å². The summed E-state index contributed by atoms with van der Waals surface area (Å²) in [6, 6.07) is 4.56. The summed E-state index contributed by atoms with van der Waals surface area (Å²) in [6.07, 6.45) is -5.09. The molecule has 1 N–H and O–H groups in total. The minimum atomic E-state index is -4.33. The average molecular weight is 216 g/mol. The molecule has 82 valence electrons. The maximum Gasteiger partial charge on any atom is 0.416 e. The molecule has 0 aliphatic carbocycles. The van der Waals surface area contributed by atoms with E-state index in [1.807, 2.05) is 0 Å². The summed E-state index contributed by atoms with van der Waals surface area (Å²) < 4.78 is 36.6. The number of hydrogen-bond acceptors (Lipinski definition) is 1. The monoisotopic (exact) mass is 216 g/mol. The van der Waals surface area contributed by atoms with Gasteiger partial charge in [0, 0.05) is 0 Å². The van der Waals surface area contributed by atoms with E-state index in [0.717, 1.165) is 12.1 Å². The number of benzene rings is 1. The molecule has 1 atom stereocenters. The Morgan fingerprint density at radius 3 is 2.07 bits per heavy atom. The van der Waals surface area contributed by atoms with E-state index in [-0.39, 0.29) is 0 Å². The molecule has 0 bridgehead atoms. The van der Waals surface area contributed by atoms with Crippen LogP contribution >= 0.6 is 0 Å². The summed E-state index contributed by atoms with van der Waals surface area (Å²) in [4.78, 5) is 0. The zero-order valence-corrected chi connectivity index (χ0v) is 8.17. The van der Waals surface area contributed by atoms with Gasteiger partial charge < -0.3 is 5.11 Å². The van der Waals surface area contributed by atoms with Crippen LogP contribution in [0.4, 0.5) is 13.2 Å². The summed E-state index contributed by atoms with van der Waals surface area (Å²) in [7, 11) is 0. The van der Waals surface area contributed by atoms with Crippen molar-refractivity contribution in [2.24, 2.45) is 0 Å². The van der Waals surface area contributed by atoms with E-state index in [9.17, 15) is 18.3 Å². The Morgan fingerprint density at radius 1 is 1.27 bits per heavy atom. The van der Waals surface area contributed by atoms with Gasteiger partial charge in [0.05, 0.1) is 11.7 Å². The first-order chi connectivity index (χ1) is 6.82. The highest BCUT2D eigenvalue weighted by molar-refractivity contribution is 5.66. The van der Waals surface area contributed by atoms with Crippen molar-refractivity contribution in [3.63, 3.8) is 0 Å². The molecular formula is C11H11F3O. The fourth-order valence-electron chi connectivity index (χ4n) is 1.11. The van der Waals surface area contributed by atoms with Crippen molar-refractivity contribution >= 4 is 5.57 Å². The van der Waals surface area contributed by atoms with Crippen molar-refractivity contribution in [3.05, 3.63) is 42.0 Å². The fourth-order valence-corrected chi connectivity index (χ4v) is 1.11. The number of rotatable bonds is 2. The Bertz CT molecular complexity index is 349. The van der Waals surface area contributed by atoms with E-state index < -0.39 is 17.8 Å². The number of aliphatic hydroxyl groups is 1. The van der Waals surface area contributed by atoms with Crippen LogP contribution in [0.1, 0.15) is 18.1 Å². The van der Waals surface area contributed by atoms with E-state index in [1.165, 1.54) is 19.1 Å². The van der Waals surface area contributed by atoms with Gasteiger partial charge in [0.2, 0.25) is 0 Å². The molecule has 4 heteroatoms. The number of aliphatic hydroxyl groups excluding tert-OH is 1. The third-order valence-corrected chi connectivity index (χ3v) is 2.09. The Morgan fingerprint density at radius 2 is 1.73 bits per heavy atom. The van der Waals surface area contributed by atoms with Crippen molar-refractivity contribution < 1.29 is 18.3 Å². The van der Waals surface area contributed by atoms with E-state index in [4.69, 9.17) is 0 Å². The lowest BCUT2D eigenvalue weighted by molar-refractivity contribution is -0.137. The van der Waals surface area contributed by atoms with Crippen LogP contribution in [0.3, 0.4) is 0 Å². The molecule has 1 nitrogen and oxygen atoms in total. The van der Waals surface area contributed by atoms with E-state index in [1.54, 1.807) is 0 Å². The first-order valence-electron chi connectivity index (χ1n) is 4.37. The van der Waals surface area contributed by atoms with E-state index in [0.29, 0.717) is 11.1 Å². The van der Waals surface area contributed by atoms with Gasteiger partial charge in [-0.25, -0.2) is 0 Å². The zero-order chi connectivity index (χ0) is 11.6. The topological polar surface area (TPSA) is 20.2 Å². The highest BCUT2D eigenvalue weighted by atomic mass is 19.4. The average Bonchev–Trinajstić information content (AvgIpc) is 2.15. The lowest BCUT2D eigenvalue weighted by atomic mass is 10.0. The number of alkyl halides is 3. The van der Waals surface area contributed by atoms with Crippen LogP contribution in [0.2, 0.25) is 0 Å². The second-order valence-corrected chi connectivity index (χ2v) is 3.28. The standard InChI is InChI=1S/C11H11F3O/c1-7(8(2)15)9-3-5-10(6-4-9)11(12,13)14/h3-6,8,15H,1H2,2H3/t8-/m0/s1. The van der Waals surface area contributed by atoms with Crippen LogP contribution in [-0.2, 0) is 6.18 Å². The number of halogens is 3. The lowest BCUT2D eigenvalue weighted by Gasteiger charge is -2.10. The predicted molar refractivity (Wildman–Crippen MR) is 52.2 cm³/mol. The van der Waals surface area contributed by atoms with Gasteiger partial charge in [-0.2, -0.15) is 13.2 Å². The van der Waals surface area contributed by atoms with Gasteiger partial charge in [-0.15, -0.1) is 0 Å². The molecule has 0 radical (unpaired) electrons. The molecule has 0 heterocycles. The Hall–Kier alpha value is -1.29. The highest BCUT2D eigenvalue weighted by Gasteiger charge is 2.30. The summed E-state index contributed by atoms with van der Waals surface area (Å²) in [5.41, 5.74) is 0.214. The summed E-state index contributed by atoms with van der Waals surface area (Å²) in [5, 5.41) is 9.18. The van der Waals surface area contributed by atoms with Crippen LogP contribution in [0.15, 0.2) is 30.8 Å². The molecule has 0 unspecified atom stereocenters. The Labute approximate surface area is 85.9 Å². The molecule has 0 fully saturated rings. The minimum absolute atomic E-state index is 0.406. The second kappa shape index (κ2) is 4.06. The SMILES string of the molecule is C=C(c1ccc(C(F)(F)F)cc1)[C@H](C)O. The number of hydrogen-bond donors (Lipinski definition) is 1. The molecule has 1 aromatic rings. The molecule has 0 spiro atoms. The summed E-state index contributed by atoms with van der Waals surface area (Å²) in [5.74, 6) is 0. The van der Waals surface area contributed by atoms with Crippen molar-refractivity contribution in [2.75, 3.05) is 0 Å². The Balaban J connectivity index is 2.96. The molecule has 0 aromatic heterocycles. The minimum Gasteiger partial charge on any atom is -0.389 e. The Kier molecular flexibility index (Phi) is 3.19. The van der Waals surface area contributed by atoms with Crippen LogP contribution in [0, 0.1) is 0 Å². The largest absolute Gasteiger partial charge is 0.416 e. The summed E-state index contributed by atoms with van der Waals surface area (Å²) in [6.45, 7) is 5.10. The quantitative estimate of drug-likeness (QED) is 0.805. The molecular weight excluding hydrogens is 205 g/mol. The maximum absolute atomic E-state index is 12.2. The van der Waals surface area contributed by atoms with Gasteiger partial charge in [-0.3, -0.25) is 0 Å². The van der Waals surface area contributed by atoms with Crippen LogP contribution in [0.25, 0.3) is 5.57 Å². The zero-order valence-electron chi connectivity index (χ0n) is 8.17.